The van der Waals surface area contributed by atoms with E-state index < -0.39 is 11.5 Å². The van der Waals surface area contributed by atoms with Gasteiger partial charge in [0.05, 0.1) is 6.61 Å². The summed E-state index contributed by atoms with van der Waals surface area (Å²) >= 11 is 0. The SMILES string of the molecule is CCC(CCCN(C)CCOC)(NC(C)C)C(=O)O. The first-order chi connectivity index (χ1) is 8.88. The molecule has 1 unspecified atom stereocenters. The molecule has 0 saturated heterocycles. The molecule has 5 nitrogen and oxygen atoms in total. The Kier molecular flexibility index (Phi) is 8.97. The molecule has 0 aromatic carbocycles. The molecule has 2 N–H and O–H groups in total. The van der Waals surface area contributed by atoms with Gasteiger partial charge in [-0.3, -0.25) is 10.1 Å². The number of rotatable bonds is 11. The molecule has 0 aliphatic rings. The van der Waals surface area contributed by atoms with Crippen molar-refractivity contribution in [2.75, 3.05) is 33.9 Å². The Morgan fingerprint density at radius 1 is 1.42 bits per heavy atom. The summed E-state index contributed by atoms with van der Waals surface area (Å²) in [5, 5.41) is 12.7. The summed E-state index contributed by atoms with van der Waals surface area (Å²) < 4.78 is 5.02. The summed E-state index contributed by atoms with van der Waals surface area (Å²) in [5.74, 6) is -0.747. The van der Waals surface area contributed by atoms with E-state index in [-0.39, 0.29) is 6.04 Å². The quantitative estimate of drug-likeness (QED) is 0.599. The summed E-state index contributed by atoms with van der Waals surface area (Å²) in [6.07, 6.45) is 2.11. The maximum absolute atomic E-state index is 11.5. The molecular weight excluding hydrogens is 244 g/mol. The van der Waals surface area contributed by atoms with Crippen molar-refractivity contribution >= 4 is 5.97 Å². The number of aliphatic carboxylic acids is 1. The average molecular weight is 274 g/mol. The van der Waals surface area contributed by atoms with Crippen LogP contribution < -0.4 is 5.32 Å². The lowest BCUT2D eigenvalue weighted by Crippen LogP contribution is -2.54. The van der Waals surface area contributed by atoms with Gasteiger partial charge in [0, 0.05) is 19.7 Å². The largest absolute Gasteiger partial charge is 0.480 e. The number of nitrogens with one attached hydrogen (secondary N) is 1. The Morgan fingerprint density at radius 3 is 2.47 bits per heavy atom. The third-order valence-corrected chi connectivity index (χ3v) is 3.40. The Morgan fingerprint density at radius 2 is 2.05 bits per heavy atom. The van der Waals surface area contributed by atoms with Crippen molar-refractivity contribution in [3.63, 3.8) is 0 Å². The summed E-state index contributed by atoms with van der Waals surface area (Å²) in [6.45, 7) is 8.37. The Hall–Kier alpha value is -0.650. The molecule has 0 rings (SSSR count). The molecule has 0 fully saturated rings. The highest BCUT2D eigenvalue weighted by atomic mass is 16.5. The molecule has 5 heteroatoms. The fourth-order valence-corrected chi connectivity index (χ4v) is 2.23. The minimum Gasteiger partial charge on any atom is -0.480 e. The minimum atomic E-state index is -0.795. The fourth-order valence-electron chi connectivity index (χ4n) is 2.23. The zero-order valence-corrected chi connectivity index (χ0v) is 13.0. The Balaban J connectivity index is 4.30. The lowest BCUT2D eigenvalue weighted by atomic mass is 9.89. The van der Waals surface area contributed by atoms with Gasteiger partial charge in [-0.2, -0.15) is 0 Å². The standard InChI is InChI=1S/C14H30N2O3/c1-6-14(13(17)18,15-12(2)3)8-7-9-16(4)10-11-19-5/h12,15H,6-11H2,1-5H3,(H,17,18). The van der Waals surface area contributed by atoms with Crippen LogP contribution in [0.5, 0.6) is 0 Å². The van der Waals surface area contributed by atoms with Gasteiger partial charge in [0.15, 0.2) is 0 Å². The van der Waals surface area contributed by atoms with E-state index in [4.69, 9.17) is 4.74 Å². The molecule has 0 saturated carbocycles. The van der Waals surface area contributed by atoms with Gasteiger partial charge in [-0.05, 0) is 46.7 Å². The minimum absolute atomic E-state index is 0.169. The van der Waals surface area contributed by atoms with Crippen molar-refractivity contribution in [3.05, 3.63) is 0 Å². The smallest absolute Gasteiger partial charge is 0.323 e. The molecule has 0 radical (unpaired) electrons. The van der Waals surface area contributed by atoms with Crippen molar-refractivity contribution in [3.8, 4) is 0 Å². The van der Waals surface area contributed by atoms with E-state index >= 15 is 0 Å². The Bertz CT molecular complexity index is 259. The number of ether oxygens (including phenoxy) is 1. The van der Waals surface area contributed by atoms with Crippen molar-refractivity contribution in [2.24, 2.45) is 0 Å². The fraction of sp³-hybridized carbons (Fsp3) is 0.929. The lowest BCUT2D eigenvalue weighted by Gasteiger charge is -2.32. The molecule has 0 amide bonds. The third kappa shape index (κ3) is 6.89. The van der Waals surface area contributed by atoms with Gasteiger partial charge in [-0.15, -0.1) is 0 Å². The molecule has 0 aliphatic heterocycles. The zero-order chi connectivity index (χ0) is 14.9. The zero-order valence-electron chi connectivity index (χ0n) is 13.0. The van der Waals surface area contributed by atoms with E-state index in [1.807, 2.05) is 27.8 Å². The van der Waals surface area contributed by atoms with Crippen LogP contribution in [-0.2, 0) is 9.53 Å². The number of likely N-dealkylation sites (N-methyl/N-ethyl adjacent to an activating group) is 1. The average Bonchev–Trinajstić information content (AvgIpc) is 2.34. The van der Waals surface area contributed by atoms with Crippen molar-refractivity contribution in [1.29, 1.82) is 0 Å². The second-order valence-electron chi connectivity index (χ2n) is 5.44. The van der Waals surface area contributed by atoms with Crippen LogP contribution in [0.3, 0.4) is 0 Å². The van der Waals surface area contributed by atoms with Crippen LogP contribution in [0.1, 0.15) is 40.0 Å². The van der Waals surface area contributed by atoms with E-state index in [1.54, 1.807) is 7.11 Å². The monoisotopic (exact) mass is 274 g/mol. The molecular formula is C14H30N2O3. The van der Waals surface area contributed by atoms with Gasteiger partial charge in [0.2, 0.25) is 0 Å². The van der Waals surface area contributed by atoms with Crippen molar-refractivity contribution in [1.82, 2.24) is 10.2 Å². The molecule has 0 aromatic rings. The number of carboxylic acids is 1. The van der Waals surface area contributed by atoms with Gasteiger partial charge in [-0.1, -0.05) is 6.92 Å². The van der Waals surface area contributed by atoms with Crippen LogP contribution in [0.4, 0.5) is 0 Å². The Labute approximate surface area is 117 Å². The predicted molar refractivity (Wildman–Crippen MR) is 77.5 cm³/mol. The summed E-state index contributed by atoms with van der Waals surface area (Å²) in [4.78, 5) is 13.7. The summed E-state index contributed by atoms with van der Waals surface area (Å²) in [5.41, 5.74) is -0.795. The first-order valence-electron chi connectivity index (χ1n) is 7.06. The van der Waals surface area contributed by atoms with E-state index in [2.05, 4.69) is 10.2 Å². The highest BCUT2D eigenvalue weighted by molar-refractivity contribution is 5.78. The highest BCUT2D eigenvalue weighted by Crippen LogP contribution is 2.19. The van der Waals surface area contributed by atoms with Crippen LogP contribution in [0, 0.1) is 0 Å². The molecule has 0 aromatic heterocycles. The molecule has 114 valence electrons. The number of nitrogens with zero attached hydrogens (tertiary/aromatic N) is 1. The normalized spacial score (nSPS) is 14.9. The second-order valence-corrected chi connectivity index (χ2v) is 5.44. The van der Waals surface area contributed by atoms with E-state index in [0.717, 1.165) is 19.5 Å². The maximum Gasteiger partial charge on any atom is 0.323 e. The lowest BCUT2D eigenvalue weighted by molar-refractivity contribution is -0.145. The van der Waals surface area contributed by atoms with E-state index in [9.17, 15) is 9.90 Å². The van der Waals surface area contributed by atoms with Crippen molar-refractivity contribution < 1.29 is 14.6 Å². The van der Waals surface area contributed by atoms with Gasteiger partial charge < -0.3 is 14.7 Å². The first-order valence-corrected chi connectivity index (χ1v) is 7.06. The number of carboxylic acid groups (broad SMARTS) is 1. The van der Waals surface area contributed by atoms with Crippen molar-refractivity contribution in [2.45, 2.75) is 51.6 Å². The van der Waals surface area contributed by atoms with Crippen LogP contribution in [0.15, 0.2) is 0 Å². The van der Waals surface area contributed by atoms with Crippen LogP contribution in [0.25, 0.3) is 0 Å². The molecule has 0 spiro atoms. The number of methoxy groups -OCH3 is 1. The molecule has 0 aliphatic carbocycles. The third-order valence-electron chi connectivity index (χ3n) is 3.40. The number of hydrogen-bond donors (Lipinski definition) is 2. The van der Waals surface area contributed by atoms with Crippen LogP contribution in [-0.4, -0.2) is 61.4 Å². The number of carbonyl (C=O) groups is 1. The van der Waals surface area contributed by atoms with Gasteiger partial charge >= 0.3 is 5.97 Å². The molecule has 19 heavy (non-hydrogen) atoms. The molecule has 1 atom stereocenters. The molecule has 0 heterocycles. The predicted octanol–water partition coefficient (Wildman–Crippen LogP) is 1.58. The second kappa shape index (κ2) is 9.28. The van der Waals surface area contributed by atoms with Crippen LogP contribution >= 0.6 is 0 Å². The highest BCUT2D eigenvalue weighted by Gasteiger charge is 2.36. The maximum atomic E-state index is 11.5. The summed E-state index contributed by atoms with van der Waals surface area (Å²) in [6, 6.07) is 0.169. The topological polar surface area (TPSA) is 61.8 Å². The van der Waals surface area contributed by atoms with Crippen LogP contribution in [0.2, 0.25) is 0 Å². The summed E-state index contributed by atoms with van der Waals surface area (Å²) in [7, 11) is 3.72. The van der Waals surface area contributed by atoms with Gasteiger partial charge in [0.25, 0.3) is 0 Å². The van der Waals surface area contributed by atoms with Gasteiger partial charge in [0.1, 0.15) is 5.54 Å². The number of hydrogen-bond acceptors (Lipinski definition) is 4. The van der Waals surface area contributed by atoms with E-state index in [0.29, 0.717) is 19.4 Å². The first kappa shape index (κ1) is 18.4. The van der Waals surface area contributed by atoms with E-state index in [1.165, 1.54) is 0 Å². The molecule has 0 bridgehead atoms. The van der Waals surface area contributed by atoms with Gasteiger partial charge in [-0.25, -0.2) is 0 Å².